The van der Waals surface area contributed by atoms with Crippen LogP contribution in [0.5, 0.6) is 0 Å². The zero-order chi connectivity index (χ0) is 28.9. The van der Waals surface area contributed by atoms with Gasteiger partial charge in [0.25, 0.3) is 0 Å². The first-order chi connectivity index (χ1) is 19.7. The summed E-state index contributed by atoms with van der Waals surface area (Å²) in [4.78, 5) is 31.9. The molecule has 0 bridgehead atoms. The predicted octanol–water partition coefficient (Wildman–Crippen LogP) is 6.78. The molecule has 2 saturated heterocycles. The number of rotatable bonds is 6. The van der Waals surface area contributed by atoms with Crippen molar-refractivity contribution in [2.45, 2.75) is 32.6 Å². The molecule has 7 nitrogen and oxygen atoms in total. The lowest BCUT2D eigenvalue weighted by Gasteiger charge is -2.36. The lowest BCUT2D eigenvalue weighted by atomic mass is 9.89. The molecule has 2 aliphatic heterocycles. The number of para-hydroxylation sites is 1. The normalized spacial score (nSPS) is 16.5. The number of likely N-dealkylation sites (tertiary alicyclic amines) is 1. The molecule has 3 amide bonds. The van der Waals surface area contributed by atoms with E-state index >= 15 is 0 Å². The summed E-state index contributed by atoms with van der Waals surface area (Å²) in [6.45, 7) is 9.51. The van der Waals surface area contributed by atoms with Gasteiger partial charge in [0.1, 0.15) is 0 Å². The minimum atomic E-state index is -0.191. The molecule has 0 saturated carbocycles. The van der Waals surface area contributed by atoms with E-state index in [1.165, 1.54) is 22.4 Å². The molecule has 0 aromatic heterocycles. The predicted molar refractivity (Wildman–Crippen MR) is 169 cm³/mol. The zero-order valence-corrected chi connectivity index (χ0v) is 25.1. The van der Waals surface area contributed by atoms with E-state index in [0.717, 1.165) is 44.7 Å². The van der Waals surface area contributed by atoms with E-state index in [4.69, 9.17) is 23.2 Å². The Morgan fingerprint density at radius 2 is 1.41 bits per heavy atom. The number of carbonyl (C=O) groups excluding carboxylic acids is 2. The van der Waals surface area contributed by atoms with Gasteiger partial charge in [0.2, 0.25) is 5.91 Å². The highest BCUT2D eigenvalue weighted by atomic mass is 35.5. The number of benzene rings is 3. The molecular weight excluding hydrogens is 557 g/mol. The summed E-state index contributed by atoms with van der Waals surface area (Å²) in [6, 6.07) is 19.8. The molecule has 0 atom stereocenters. The first-order valence-electron chi connectivity index (χ1n) is 14.2. The molecule has 9 heteroatoms. The van der Waals surface area contributed by atoms with Gasteiger partial charge < -0.3 is 20.4 Å². The monoisotopic (exact) mass is 593 g/mol. The third-order valence-electron chi connectivity index (χ3n) is 7.95. The third-order valence-corrected chi connectivity index (χ3v) is 8.58. The van der Waals surface area contributed by atoms with Gasteiger partial charge in [-0.1, -0.05) is 47.5 Å². The standard InChI is InChI=1S/C32H37Cl2N5O2/c1-22-18-23(2)20-27(19-22)38-16-14-37(15-17-38)21-30(40)35-26-8-6-24(7-9-26)25-10-12-39(13-11-25)32(41)36-31-28(33)4-3-5-29(31)34/h3-9,18-20,25H,10-17,21H2,1-2H3,(H,35,40)(H,36,41). The smallest absolute Gasteiger partial charge is 0.321 e. The Kier molecular flexibility index (Phi) is 9.38. The van der Waals surface area contributed by atoms with Crippen molar-refractivity contribution in [1.29, 1.82) is 0 Å². The van der Waals surface area contributed by atoms with Crippen LogP contribution in [-0.2, 0) is 4.79 Å². The summed E-state index contributed by atoms with van der Waals surface area (Å²) in [5.41, 5.74) is 6.30. The number of piperidine rings is 1. The van der Waals surface area contributed by atoms with Gasteiger partial charge in [0.05, 0.1) is 22.3 Å². The van der Waals surface area contributed by atoms with Crippen molar-refractivity contribution in [2.24, 2.45) is 0 Å². The van der Waals surface area contributed by atoms with E-state index < -0.39 is 0 Å². The summed E-state index contributed by atoms with van der Waals surface area (Å²) in [5.74, 6) is 0.372. The molecule has 0 spiro atoms. The number of aryl methyl sites for hydroxylation is 2. The summed E-state index contributed by atoms with van der Waals surface area (Å²) in [6.07, 6.45) is 1.73. The molecule has 2 N–H and O–H groups in total. The molecule has 2 fully saturated rings. The van der Waals surface area contributed by atoms with Crippen LogP contribution in [0.1, 0.15) is 35.4 Å². The number of nitrogens with one attached hydrogen (secondary N) is 2. The molecule has 5 rings (SSSR count). The van der Waals surface area contributed by atoms with Crippen LogP contribution in [-0.4, -0.2) is 67.6 Å². The maximum absolute atomic E-state index is 12.8. The molecule has 2 heterocycles. The van der Waals surface area contributed by atoms with Crippen molar-refractivity contribution >= 4 is 52.2 Å². The number of urea groups is 1. The largest absolute Gasteiger partial charge is 0.369 e. The number of hydrogen-bond acceptors (Lipinski definition) is 4. The van der Waals surface area contributed by atoms with E-state index in [1.807, 2.05) is 12.1 Å². The number of hydrogen-bond donors (Lipinski definition) is 2. The van der Waals surface area contributed by atoms with Crippen molar-refractivity contribution < 1.29 is 9.59 Å². The Labute approximate surface area is 252 Å². The SMILES string of the molecule is Cc1cc(C)cc(N2CCN(CC(=O)Nc3ccc(C4CCN(C(=O)Nc5c(Cl)cccc5Cl)CC4)cc3)CC2)c1. The lowest BCUT2D eigenvalue weighted by molar-refractivity contribution is -0.117. The first-order valence-corrected chi connectivity index (χ1v) is 15.0. The number of amides is 3. The van der Waals surface area contributed by atoms with E-state index in [0.29, 0.717) is 41.3 Å². The second-order valence-corrected chi connectivity index (χ2v) is 11.9. The van der Waals surface area contributed by atoms with E-state index in [-0.39, 0.29) is 11.9 Å². The number of piperazine rings is 1. The molecule has 41 heavy (non-hydrogen) atoms. The number of nitrogens with zero attached hydrogens (tertiary/aromatic N) is 3. The minimum Gasteiger partial charge on any atom is -0.369 e. The van der Waals surface area contributed by atoms with Crippen LogP contribution in [0.4, 0.5) is 21.9 Å². The van der Waals surface area contributed by atoms with Gasteiger partial charge in [0, 0.05) is 50.6 Å². The van der Waals surface area contributed by atoms with Gasteiger partial charge in [-0.25, -0.2) is 4.79 Å². The Hall–Kier alpha value is -3.26. The van der Waals surface area contributed by atoms with Gasteiger partial charge in [0.15, 0.2) is 0 Å². The molecule has 3 aromatic rings. The average Bonchev–Trinajstić information content (AvgIpc) is 2.95. The fourth-order valence-electron chi connectivity index (χ4n) is 5.76. The van der Waals surface area contributed by atoms with Crippen molar-refractivity contribution in [3.63, 3.8) is 0 Å². The van der Waals surface area contributed by atoms with Crippen LogP contribution in [0.3, 0.4) is 0 Å². The summed E-state index contributed by atoms with van der Waals surface area (Å²) >= 11 is 12.4. The second-order valence-electron chi connectivity index (χ2n) is 11.1. The van der Waals surface area contributed by atoms with Crippen LogP contribution in [0, 0.1) is 13.8 Å². The quantitative estimate of drug-likeness (QED) is 0.330. The molecule has 2 aliphatic rings. The molecule has 0 radical (unpaired) electrons. The van der Waals surface area contributed by atoms with Crippen molar-refractivity contribution in [3.05, 3.63) is 87.4 Å². The van der Waals surface area contributed by atoms with Crippen LogP contribution < -0.4 is 15.5 Å². The highest BCUT2D eigenvalue weighted by Gasteiger charge is 2.25. The Morgan fingerprint density at radius 1 is 0.805 bits per heavy atom. The third kappa shape index (κ3) is 7.53. The van der Waals surface area contributed by atoms with Gasteiger partial charge in [-0.3, -0.25) is 9.69 Å². The Bertz CT molecular complexity index is 1340. The van der Waals surface area contributed by atoms with Crippen LogP contribution in [0.15, 0.2) is 60.7 Å². The molecular formula is C32H37Cl2N5O2. The first kappa shape index (κ1) is 29.2. The fourth-order valence-corrected chi connectivity index (χ4v) is 6.25. The number of carbonyl (C=O) groups is 2. The van der Waals surface area contributed by atoms with Gasteiger partial charge in [-0.15, -0.1) is 0 Å². The zero-order valence-electron chi connectivity index (χ0n) is 23.6. The maximum Gasteiger partial charge on any atom is 0.321 e. The van der Waals surface area contributed by atoms with Crippen LogP contribution >= 0.6 is 23.2 Å². The van der Waals surface area contributed by atoms with Crippen molar-refractivity contribution in [1.82, 2.24) is 9.80 Å². The molecule has 0 aliphatic carbocycles. The Balaban J connectivity index is 1.06. The molecule has 3 aromatic carbocycles. The van der Waals surface area contributed by atoms with Crippen LogP contribution in [0.25, 0.3) is 0 Å². The lowest BCUT2D eigenvalue weighted by Crippen LogP contribution is -2.48. The van der Waals surface area contributed by atoms with Gasteiger partial charge in [-0.05, 0) is 85.7 Å². The fraction of sp³-hybridized carbons (Fsp3) is 0.375. The highest BCUT2D eigenvalue weighted by Crippen LogP contribution is 2.32. The van der Waals surface area contributed by atoms with Crippen LogP contribution in [0.2, 0.25) is 10.0 Å². The maximum atomic E-state index is 12.8. The van der Waals surface area contributed by atoms with E-state index in [1.54, 1.807) is 23.1 Å². The summed E-state index contributed by atoms with van der Waals surface area (Å²) in [7, 11) is 0. The average molecular weight is 595 g/mol. The molecule has 0 unspecified atom stereocenters. The second kappa shape index (κ2) is 13.1. The van der Waals surface area contributed by atoms with Gasteiger partial charge >= 0.3 is 6.03 Å². The van der Waals surface area contributed by atoms with Gasteiger partial charge in [-0.2, -0.15) is 0 Å². The minimum absolute atomic E-state index is 0.00976. The van der Waals surface area contributed by atoms with E-state index in [9.17, 15) is 9.59 Å². The number of halogens is 2. The highest BCUT2D eigenvalue weighted by molar-refractivity contribution is 6.39. The van der Waals surface area contributed by atoms with E-state index in [2.05, 4.69) is 64.6 Å². The van der Waals surface area contributed by atoms with Crippen molar-refractivity contribution in [2.75, 3.05) is 61.3 Å². The van der Waals surface area contributed by atoms with Crippen molar-refractivity contribution in [3.8, 4) is 0 Å². The Morgan fingerprint density at radius 3 is 2.02 bits per heavy atom. The number of anilines is 3. The topological polar surface area (TPSA) is 67.9 Å². The summed E-state index contributed by atoms with van der Waals surface area (Å²) < 4.78 is 0. The summed E-state index contributed by atoms with van der Waals surface area (Å²) in [5, 5.41) is 6.74. The molecule has 216 valence electrons.